The van der Waals surface area contributed by atoms with E-state index in [2.05, 4.69) is 6.58 Å². The smallest absolute Gasteiger partial charge is 0.309 e. The summed E-state index contributed by atoms with van der Waals surface area (Å²) in [5.41, 5.74) is 2.01. The molecule has 3 rings (SSSR count). The number of cyclic esters (lactones) is 1. The summed E-state index contributed by atoms with van der Waals surface area (Å²) in [6.07, 6.45) is 2.65. The van der Waals surface area contributed by atoms with E-state index in [4.69, 9.17) is 14.2 Å². The van der Waals surface area contributed by atoms with Gasteiger partial charge in [-0.15, -0.1) is 0 Å². The number of ketones is 2. The van der Waals surface area contributed by atoms with Gasteiger partial charge in [0.2, 0.25) is 0 Å². The lowest BCUT2D eigenvalue weighted by Gasteiger charge is -2.26. The van der Waals surface area contributed by atoms with Gasteiger partial charge in [0.1, 0.15) is 29.9 Å². The number of Topliss-reactive ketones (excluding diaryl/α,β-unsaturated/α-hetero) is 2. The van der Waals surface area contributed by atoms with Crippen molar-refractivity contribution in [3.05, 3.63) is 47.6 Å². The van der Waals surface area contributed by atoms with Crippen LogP contribution in [0.1, 0.15) is 86.5 Å². The summed E-state index contributed by atoms with van der Waals surface area (Å²) >= 11 is 0. The number of esters is 1. The first-order chi connectivity index (χ1) is 20.7. The van der Waals surface area contributed by atoms with Crippen LogP contribution in [0.5, 0.6) is 0 Å². The number of aliphatic hydroxyl groups is 3. The van der Waals surface area contributed by atoms with Crippen LogP contribution < -0.4 is 0 Å². The summed E-state index contributed by atoms with van der Waals surface area (Å²) in [7, 11) is 0. The monoisotopic (exact) mass is 616 g/mol. The van der Waals surface area contributed by atoms with Crippen LogP contribution in [-0.4, -0.2) is 81.7 Å². The molecule has 2 fully saturated rings. The Morgan fingerprint density at radius 2 is 1.64 bits per heavy atom. The van der Waals surface area contributed by atoms with Crippen molar-refractivity contribution < 1.29 is 43.9 Å². The van der Waals surface area contributed by atoms with Crippen LogP contribution in [0.2, 0.25) is 0 Å². The van der Waals surface area contributed by atoms with Crippen molar-refractivity contribution in [3.63, 3.8) is 0 Å². The number of fused-ring (bicyclic) bond motifs is 4. The van der Waals surface area contributed by atoms with Gasteiger partial charge in [-0.25, -0.2) is 0 Å². The molecule has 3 heterocycles. The Kier molecular flexibility index (Phi) is 13.3. The van der Waals surface area contributed by atoms with Gasteiger partial charge >= 0.3 is 5.97 Å². The van der Waals surface area contributed by atoms with E-state index in [-0.39, 0.29) is 54.8 Å². The zero-order valence-corrected chi connectivity index (χ0v) is 27.1. The minimum absolute atomic E-state index is 0.0244. The molecule has 3 N–H and O–H groups in total. The molecule has 0 aromatic rings. The third-order valence-corrected chi connectivity index (χ3v) is 9.20. The van der Waals surface area contributed by atoms with Crippen molar-refractivity contribution in [2.45, 2.75) is 135 Å². The zero-order chi connectivity index (χ0) is 32.7. The SMILES string of the molecule is C=C1/C=C(\C)[C@@H](C)[C@@H](O)CC(=O)[C@@H](C)CC(=O)C[C@@H]2CC[C@@H](O2)[C@H](/C=C/C=C(C)C)OC(=O)C[C@H]2O[C@H](C[C@@H]2C)[C@@H](O)[C@@H]1O. The van der Waals surface area contributed by atoms with Gasteiger partial charge < -0.3 is 29.5 Å². The van der Waals surface area contributed by atoms with Gasteiger partial charge in [0.15, 0.2) is 0 Å². The number of ether oxygens (including phenoxy) is 3. The fourth-order valence-corrected chi connectivity index (χ4v) is 6.10. The molecule has 0 aliphatic carbocycles. The Morgan fingerprint density at radius 3 is 2.32 bits per heavy atom. The maximum Gasteiger partial charge on any atom is 0.309 e. The lowest BCUT2D eigenvalue weighted by molar-refractivity contribution is -0.158. The third kappa shape index (κ3) is 10.0. The molecule has 0 saturated carbocycles. The molecule has 2 saturated heterocycles. The Labute approximate surface area is 262 Å². The molecule has 9 nitrogen and oxygen atoms in total. The molecule has 0 aromatic heterocycles. The lowest BCUT2D eigenvalue weighted by atomic mass is 9.87. The van der Waals surface area contributed by atoms with Crippen molar-refractivity contribution in [2.24, 2.45) is 17.8 Å². The van der Waals surface area contributed by atoms with Crippen LogP contribution in [0.15, 0.2) is 47.6 Å². The fourth-order valence-electron chi connectivity index (χ4n) is 6.10. The molecule has 246 valence electrons. The maximum atomic E-state index is 13.1. The third-order valence-electron chi connectivity index (χ3n) is 9.20. The van der Waals surface area contributed by atoms with Crippen LogP contribution in [0.4, 0.5) is 0 Å². The van der Waals surface area contributed by atoms with Crippen molar-refractivity contribution in [3.8, 4) is 0 Å². The molecule has 0 spiro atoms. The van der Waals surface area contributed by atoms with Crippen LogP contribution in [0.25, 0.3) is 0 Å². The summed E-state index contributed by atoms with van der Waals surface area (Å²) in [6, 6.07) is 0. The van der Waals surface area contributed by atoms with Crippen LogP contribution in [0.3, 0.4) is 0 Å². The van der Waals surface area contributed by atoms with E-state index >= 15 is 0 Å². The van der Waals surface area contributed by atoms with E-state index in [9.17, 15) is 29.7 Å². The number of hydrogen-bond acceptors (Lipinski definition) is 9. The molecular formula is C35H52O9. The second kappa shape index (κ2) is 16.2. The quantitative estimate of drug-likeness (QED) is 0.306. The van der Waals surface area contributed by atoms with Gasteiger partial charge in [-0.1, -0.05) is 56.7 Å². The number of aliphatic hydroxyl groups excluding tert-OH is 3. The largest absolute Gasteiger partial charge is 0.455 e. The summed E-state index contributed by atoms with van der Waals surface area (Å²) in [6.45, 7) is 15.0. The first kappa shape index (κ1) is 36.0. The molecular weight excluding hydrogens is 564 g/mol. The first-order valence-electron chi connectivity index (χ1n) is 15.9. The average molecular weight is 617 g/mol. The molecule has 0 unspecified atom stereocenters. The summed E-state index contributed by atoms with van der Waals surface area (Å²) in [5, 5.41) is 32.7. The highest BCUT2D eigenvalue weighted by Crippen LogP contribution is 2.34. The number of carbonyl (C=O) groups excluding carboxylic acids is 3. The van der Waals surface area contributed by atoms with Crippen molar-refractivity contribution in [1.82, 2.24) is 0 Å². The molecule has 0 radical (unpaired) electrons. The van der Waals surface area contributed by atoms with Crippen molar-refractivity contribution >= 4 is 17.5 Å². The maximum absolute atomic E-state index is 13.1. The van der Waals surface area contributed by atoms with Crippen LogP contribution in [0, 0.1) is 17.8 Å². The normalized spacial score (nSPS) is 40.0. The molecule has 44 heavy (non-hydrogen) atoms. The van der Waals surface area contributed by atoms with Gasteiger partial charge in [0.25, 0.3) is 0 Å². The standard InChI is InChI=1S/C35H52O9/c1-19(2)9-8-10-29-30-12-11-26(42-30)16-25(36)14-21(4)27(37)17-28(38)24(7)20(3)13-23(6)34(40)35(41)32-15-22(5)31(43-32)18-33(39)44-29/h8-10,13,21-22,24,26,28-32,34-35,38,40-41H,6,11-12,14-18H2,1-5,7H3/b10-8+,20-13+/t21-,22-,24+,26-,28-,29-,30+,31+,32+,34+,35+/m0/s1. The highest BCUT2D eigenvalue weighted by Gasteiger charge is 2.41. The molecule has 4 bridgehead atoms. The molecule has 0 aromatic carbocycles. The fraction of sp³-hybridized carbons (Fsp3) is 0.686. The minimum Gasteiger partial charge on any atom is -0.455 e. The predicted molar refractivity (Wildman–Crippen MR) is 167 cm³/mol. The zero-order valence-electron chi connectivity index (χ0n) is 27.1. The first-order valence-corrected chi connectivity index (χ1v) is 15.9. The molecule has 3 aliphatic heterocycles. The second-order valence-corrected chi connectivity index (χ2v) is 13.4. The van der Waals surface area contributed by atoms with E-state index < -0.39 is 60.5 Å². The van der Waals surface area contributed by atoms with Crippen LogP contribution in [-0.2, 0) is 28.6 Å². The van der Waals surface area contributed by atoms with E-state index in [1.165, 1.54) is 0 Å². The topological polar surface area (TPSA) is 140 Å². The van der Waals surface area contributed by atoms with Crippen LogP contribution >= 0.6 is 0 Å². The Hall–Kier alpha value is -2.43. The summed E-state index contributed by atoms with van der Waals surface area (Å²) in [5.74, 6) is -1.81. The number of allylic oxidation sites excluding steroid dienone is 3. The van der Waals surface area contributed by atoms with E-state index in [1.54, 1.807) is 32.9 Å². The molecule has 11 atom stereocenters. The molecule has 0 amide bonds. The van der Waals surface area contributed by atoms with Gasteiger partial charge in [-0.3, -0.25) is 14.4 Å². The van der Waals surface area contributed by atoms with Gasteiger partial charge in [0, 0.05) is 31.1 Å². The molecule has 9 heteroatoms. The van der Waals surface area contributed by atoms with Gasteiger partial charge in [0.05, 0.1) is 36.9 Å². The minimum atomic E-state index is -1.33. The predicted octanol–water partition coefficient (Wildman–Crippen LogP) is 4.33. The molecule has 3 aliphatic rings. The summed E-state index contributed by atoms with van der Waals surface area (Å²) in [4.78, 5) is 39.0. The average Bonchev–Trinajstić information content (AvgIpc) is 3.56. The van der Waals surface area contributed by atoms with Crippen molar-refractivity contribution in [2.75, 3.05) is 0 Å². The highest BCUT2D eigenvalue weighted by atomic mass is 16.6. The van der Waals surface area contributed by atoms with Gasteiger partial charge in [-0.2, -0.15) is 0 Å². The lowest BCUT2D eigenvalue weighted by Crippen LogP contribution is -2.38. The van der Waals surface area contributed by atoms with E-state index in [0.29, 0.717) is 24.8 Å². The van der Waals surface area contributed by atoms with Gasteiger partial charge in [-0.05, 0) is 57.6 Å². The number of hydrogen-bond donors (Lipinski definition) is 3. The number of carbonyl (C=O) groups is 3. The van der Waals surface area contributed by atoms with E-state index in [1.807, 2.05) is 32.9 Å². The Morgan fingerprint density at radius 1 is 0.932 bits per heavy atom. The van der Waals surface area contributed by atoms with E-state index in [0.717, 1.165) is 5.57 Å². The van der Waals surface area contributed by atoms with Crippen molar-refractivity contribution in [1.29, 1.82) is 0 Å². The number of rotatable bonds is 2. The summed E-state index contributed by atoms with van der Waals surface area (Å²) < 4.78 is 18.2. The Bertz CT molecular complexity index is 1130. The highest BCUT2D eigenvalue weighted by molar-refractivity contribution is 5.88. The Balaban J connectivity index is 1.85. The second-order valence-electron chi connectivity index (χ2n) is 13.4.